The van der Waals surface area contributed by atoms with Gasteiger partial charge in [0.15, 0.2) is 5.78 Å². The van der Waals surface area contributed by atoms with Gasteiger partial charge in [0, 0.05) is 17.7 Å². The molecule has 1 aliphatic rings. The summed E-state index contributed by atoms with van der Waals surface area (Å²) >= 11 is 0. The quantitative estimate of drug-likeness (QED) is 0.402. The lowest BCUT2D eigenvalue weighted by Gasteiger charge is -2.32. The lowest BCUT2D eigenvalue weighted by atomic mass is 9.74. The van der Waals surface area contributed by atoms with Crippen molar-refractivity contribution in [1.29, 1.82) is 0 Å². The minimum Gasteiger partial charge on any atom is -0.496 e. The van der Waals surface area contributed by atoms with E-state index < -0.39 is 35.1 Å². The number of carbonyl (C=O) groups is 4. The zero-order chi connectivity index (χ0) is 21.6. The van der Waals surface area contributed by atoms with E-state index in [2.05, 4.69) is 5.32 Å². The Hall–Kier alpha value is -2.94. The number of benzene rings is 1. The van der Waals surface area contributed by atoms with Crippen molar-refractivity contribution in [3.8, 4) is 5.75 Å². The van der Waals surface area contributed by atoms with Crippen LogP contribution in [-0.2, 0) is 35.1 Å². The second-order valence-corrected chi connectivity index (χ2v) is 6.13. The summed E-state index contributed by atoms with van der Waals surface area (Å²) in [4.78, 5) is 52.5. The number of esters is 3. The first kappa shape index (κ1) is 22.4. The molecule has 2 rings (SSSR count). The first-order valence-corrected chi connectivity index (χ1v) is 9.35. The highest BCUT2D eigenvalue weighted by Gasteiger charge is 2.65. The molecule has 0 saturated heterocycles. The van der Waals surface area contributed by atoms with Gasteiger partial charge in [0.25, 0.3) is 5.41 Å². The molecule has 29 heavy (non-hydrogen) atoms. The third-order valence-electron chi connectivity index (χ3n) is 4.59. The topological polar surface area (TPSA) is 117 Å². The van der Waals surface area contributed by atoms with E-state index in [9.17, 15) is 19.2 Å². The maximum Gasteiger partial charge on any atom is 0.333 e. The molecule has 0 fully saturated rings. The Bertz CT molecular complexity index is 786. The van der Waals surface area contributed by atoms with Crippen molar-refractivity contribution >= 4 is 23.7 Å². The highest BCUT2D eigenvalue weighted by Crippen LogP contribution is 2.38. The van der Waals surface area contributed by atoms with Gasteiger partial charge in [-0.2, -0.15) is 0 Å². The average Bonchev–Trinajstić information content (AvgIpc) is 2.83. The summed E-state index contributed by atoms with van der Waals surface area (Å²) in [7, 11) is 1.43. The van der Waals surface area contributed by atoms with Crippen LogP contribution < -0.4 is 10.1 Å². The third-order valence-corrected chi connectivity index (χ3v) is 4.59. The normalized spacial score (nSPS) is 17.5. The van der Waals surface area contributed by atoms with Crippen molar-refractivity contribution in [2.75, 3.05) is 26.9 Å². The molecule has 9 nitrogen and oxygen atoms in total. The van der Waals surface area contributed by atoms with Gasteiger partial charge in [-0.15, -0.1) is 0 Å². The molecule has 0 spiro atoms. The first-order valence-electron chi connectivity index (χ1n) is 9.35. The molecule has 9 heteroatoms. The van der Waals surface area contributed by atoms with Gasteiger partial charge in [-0.1, -0.05) is 12.1 Å². The van der Waals surface area contributed by atoms with Crippen LogP contribution in [0.5, 0.6) is 5.75 Å². The molecule has 1 aromatic carbocycles. The molecule has 0 aliphatic carbocycles. The zero-order valence-corrected chi connectivity index (χ0v) is 16.9. The molecule has 1 aromatic rings. The minimum atomic E-state index is -2.59. The Morgan fingerprint density at radius 3 is 2.14 bits per heavy atom. The molecule has 0 aromatic heterocycles. The number of ether oxygens (including phenoxy) is 4. The van der Waals surface area contributed by atoms with E-state index in [1.807, 2.05) is 0 Å². The van der Waals surface area contributed by atoms with Crippen LogP contribution in [0.2, 0.25) is 0 Å². The van der Waals surface area contributed by atoms with Crippen LogP contribution in [0.15, 0.2) is 18.2 Å². The highest BCUT2D eigenvalue weighted by molar-refractivity contribution is 6.29. The molecule has 1 heterocycles. The summed E-state index contributed by atoms with van der Waals surface area (Å²) in [6, 6.07) is 3.02. The molecular weight excluding hydrogens is 382 g/mol. The Labute approximate surface area is 168 Å². The van der Waals surface area contributed by atoms with Crippen molar-refractivity contribution in [3.05, 3.63) is 29.3 Å². The van der Waals surface area contributed by atoms with E-state index in [0.29, 0.717) is 11.3 Å². The van der Waals surface area contributed by atoms with E-state index in [1.54, 1.807) is 19.1 Å². The van der Waals surface area contributed by atoms with Crippen molar-refractivity contribution in [3.63, 3.8) is 0 Å². The van der Waals surface area contributed by atoms with Crippen LogP contribution in [0.3, 0.4) is 0 Å². The number of rotatable bonds is 7. The van der Waals surface area contributed by atoms with Crippen LogP contribution in [0, 0.1) is 5.41 Å². The van der Waals surface area contributed by atoms with Crippen molar-refractivity contribution < 1.29 is 38.1 Å². The molecule has 1 unspecified atom stereocenters. The summed E-state index contributed by atoms with van der Waals surface area (Å²) in [6.45, 7) is 4.40. The Balaban J connectivity index is 2.80. The van der Waals surface area contributed by atoms with Crippen LogP contribution in [-0.4, -0.2) is 56.7 Å². The number of ketones is 1. The highest BCUT2D eigenvalue weighted by atomic mass is 16.6. The van der Waals surface area contributed by atoms with E-state index in [4.69, 9.17) is 18.9 Å². The number of hydrogen-bond acceptors (Lipinski definition) is 9. The van der Waals surface area contributed by atoms with Gasteiger partial charge < -0.3 is 18.9 Å². The SMILES string of the molecule is CCOC(=O)C1NCc2c(OC)cccc2C(=O)C1(C(=O)OCC)C(=O)OCC. The predicted octanol–water partition coefficient (Wildman–Crippen LogP) is 1.03. The number of Topliss-reactive ketones (excluding diaryl/α,β-unsaturated/α-hetero) is 1. The van der Waals surface area contributed by atoms with Crippen molar-refractivity contribution in [2.24, 2.45) is 5.41 Å². The molecule has 0 amide bonds. The molecule has 1 atom stereocenters. The van der Waals surface area contributed by atoms with Gasteiger partial charge in [0.2, 0.25) is 0 Å². The molecule has 1 aliphatic heterocycles. The average molecular weight is 407 g/mol. The van der Waals surface area contributed by atoms with Crippen LogP contribution in [0.25, 0.3) is 0 Å². The summed E-state index contributed by atoms with van der Waals surface area (Å²) in [5, 5.41) is 2.82. The number of nitrogens with one attached hydrogen (secondary N) is 1. The van der Waals surface area contributed by atoms with E-state index >= 15 is 0 Å². The fourth-order valence-corrected chi connectivity index (χ4v) is 3.33. The largest absolute Gasteiger partial charge is 0.496 e. The molecule has 0 saturated carbocycles. The lowest BCUT2D eigenvalue weighted by Crippen LogP contribution is -2.63. The second-order valence-electron chi connectivity index (χ2n) is 6.13. The summed E-state index contributed by atoms with van der Waals surface area (Å²) < 4.78 is 20.5. The predicted molar refractivity (Wildman–Crippen MR) is 100 cm³/mol. The molecule has 0 radical (unpaired) electrons. The number of methoxy groups -OCH3 is 1. The molecular formula is C20H25NO8. The second kappa shape index (κ2) is 9.51. The smallest absolute Gasteiger partial charge is 0.333 e. The van der Waals surface area contributed by atoms with E-state index in [-0.39, 0.29) is 31.9 Å². The van der Waals surface area contributed by atoms with Crippen molar-refractivity contribution in [2.45, 2.75) is 33.4 Å². The summed E-state index contributed by atoms with van der Waals surface area (Å²) in [5.41, 5.74) is -2.12. The van der Waals surface area contributed by atoms with Crippen molar-refractivity contribution in [1.82, 2.24) is 5.32 Å². The maximum atomic E-state index is 13.7. The Morgan fingerprint density at radius 1 is 1.03 bits per heavy atom. The van der Waals surface area contributed by atoms with Gasteiger partial charge in [0.05, 0.1) is 26.9 Å². The third kappa shape index (κ3) is 3.82. The summed E-state index contributed by atoms with van der Waals surface area (Å²) in [6.07, 6.45) is 0. The Morgan fingerprint density at radius 2 is 1.62 bits per heavy atom. The van der Waals surface area contributed by atoms with Gasteiger partial charge in [-0.25, -0.2) is 0 Å². The fourth-order valence-electron chi connectivity index (χ4n) is 3.33. The monoisotopic (exact) mass is 407 g/mol. The van der Waals surface area contributed by atoms with Crippen LogP contribution in [0.1, 0.15) is 36.7 Å². The van der Waals surface area contributed by atoms with Gasteiger partial charge in [0.1, 0.15) is 11.8 Å². The zero-order valence-electron chi connectivity index (χ0n) is 16.9. The lowest BCUT2D eigenvalue weighted by molar-refractivity contribution is -0.175. The standard InChI is InChI=1S/C20H25NO8/c1-5-27-17(23)15-20(18(24)28-6-2,19(25)29-7-3)16(22)12-9-8-10-14(26-4)13(12)11-21-15/h8-10,15,21H,5-7,11H2,1-4H3. The van der Waals surface area contributed by atoms with Gasteiger partial charge in [-0.3, -0.25) is 24.5 Å². The molecule has 0 bridgehead atoms. The first-order chi connectivity index (χ1) is 13.9. The maximum absolute atomic E-state index is 13.7. The summed E-state index contributed by atoms with van der Waals surface area (Å²) in [5.74, 6) is -3.83. The van der Waals surface area contributed by atoms with Crippen LogP contribution in [0.4, 0.5) is 0 Å². The Kier molecular flexibility index (Phi) is 7.33. The molecule has 158 valence electrons. The van der Waals surface area contributed by atoms with E-state index in [1.165, 1.54) is 27.0 Å². The number of fused-ring (bicyclic) bond motifs is 1. The van der Waals surface area contributed by atoms with Crippen LogP contribution >= 0.6 is 0 Å². The van der Waals surface area contributed by atoms with Gasteiger partial charge in [-0.05, 0) is 26.8 Å². The van der Waals surface area contributed by atoms with Gasteiger partial charge >= 0.3 is 17.9 Å². The molecule has 1 N–H and O–H groups in total. The van der Waals surface area contributed by atoms with E-state index in [0.717, 1.165) is 0 Å². The number of carbonyl (C=O) groups excluding carboxylic acids is 4. The fraction of sp³-hybridized carbons (Fsp3) is 0.500. The minimum absolute atomic E-state index is 0.0107. The number of hydrogen-bond donors (Lipinski definition) is 1.